The van der Waals surface area contributed by atoms with Gasteiger partial charge < -0.3 is 9.80 Å². The standard InChI is InChI=1S/C18H12ClF2N5O2S.ClH/c19-9-6-10(20)8(5-11(9)21)15-22-12-1-4-29-14(12)16(23-15)25-2-3-26-13(7-25)17(27)24-18(26)28;/h1,4-6,13H,2-3,7H2,(H,24,27,28);1H. The van der Waals surface area contributed by atoms with E-state index in [1.54, 1.807) is 6.07 Å². The smallest absolute Gasteiger partial charge is 0.324 e. The fraction of sp³-hybridized carbons (Fsp3) is 0.222. The summed E-state index contributed by atoms with van der Waals surface area (Å²) in [5, 5.41) is 3.81. The Morgan fingerprint density at radius 1 is 1.17 bits per heavy atom. The first-order valence-electron chi connectivity index (χ1n) is 8.69. The van der Waals surface area contributed by atoms with Crippen LogP contribution in [0.15, 0.2) is 23.6 Å². The monoisotopic (exact) mass is 471 g/mol. The maximum Gasteiger partial charge on any atom is 0.324 e. The van der Waals surface area contributed by atoms with Crippen LogP contribution in [-0.4, -0.2) is 52.5 Å². The number of hydrogen-bond donors (Lipinski definition) is 1. The Bertz CT molecular complexity index is 1190. The van der Waals surface area contributed by atoms with E-state index >= 15 is 0 Å². The summed E-state index contributed by atoms with van der Waals surface area (Å²) in [7, 11) is 0. The van der Waals surface area contributed by atoms with Gasteiger partial charge in [-0.25, -0.2) is 23.5 Å². The number of carbonyl (C=O) groups excluding carboxylic acids is 2. The number of hydrogen-bond acceptors (Lipinski definition) is 6. The van der Waals surface area contributed by atoms with Crippen LogP contribution >= 0.6 is 35.3 Å². The van der Waals surface area contributed by atoms with Gasteiger partial charge in [-0.1, -0.05) is 11.6 Å². The SMILES string of the molecule is Cl.O=C1NC(=O)N2CCN(c3nc(-c4cc(F)c(Cl)cc4F)nc4ccsc34)CC12. The van der Waals surface area contributed by atoms with Crippen LogP contribution in [0, 0.1) is 11.6 Å². The highest BCUT2D eigenvalue weighted by molar-refractivity contribution is 7.17. The number of nitrogens with zero attached hydrogens (tertiary/aromatic N) is 4. The Balaban J connectivity index is 0.00000218. The van der Waals surface area contributed by atoms with Crippen LogP contribution in [0.3, 0.4) is 0 Å². The topological polar surface area (TPSA) is 78.4 Å². The van der Waals surface area contributed by atoms with E-state index in [2.05, 4.69) is 15.3 Å². The first kappa shape index (κ1) is 20.7. The second-order valence-corrected chi connectivity index (χ2v) is 8.02. The van der Waals surface area contributed by atoms with Gasteiger partial charge in [-0.2, -0.15) is 0 Å². The number of benzene rings is 1. The lowest BCUT2D eigenvalue weighted by atomic mass is 10.1. The molecule has 2 aliphatic heterocycles. The number of halogens is 4. The molecule has 3 aromatic rings. The summed E-state index contributed by atoms with van der Waals surface area (Å²) in [5.74, 6) is -1.33. The number of fused-ring (bicyclic) bond motifs is 2. The summed E-state index contributed by atoms with van der Waals surface area (Å²) < 4.78 is 29.1. The maximum atomic E-state index is 14.4. The number of rotatable bonds is 2. The van der Waals surface area contributed by atoms with Crippen LogP contribution in [0.5, 0.6) is 0 Å². The van der Waals surface area contributed by atoms with Gasteiger partial charge in [0.15, 0.2) is 11.6 Å². The van der Waals surface area contributed by atoms with Gasteiger partial charge in [-0.05, 0) is 23.6 Å². The molecule has 0 saturated carbocycles. The zero-order chi connectivity index (χ0) is 20.3. The van der Waals surface area contributed by atoms with Gasteiger partial charge in [0.05, 0.1) is 20.8 Å². The summed E-state index contributed by atoms with van der Waals surface area (Å²) in [6.45, 7) is 1.04. The van der Waals surface area contributed by atoms with E-state index in [0.29, 0.717) is 24.4 Å². The van der Waals surface area contributed by atoms with Crippen LogP contribution < -0.4 is 10.2 Å². The van der Waals surface area contributed by atoms with Crippen LogP contribution in [-0.2, 0) is 4.79 Å². The molecule has 30 heavy (non-hydrogen) atoms. The fourth-order valence-electron chi connectivity index (χ4n) is 3.58. The number of imide groups is 1. The minimum atomic E-state index is -0.770. The van der Waals surface area contributed by atoms with Crippen LogP contribution in [0.25, 0.3) is 21.6 Å². The predicted octanol–water partition coefficient (Wildman–Crippen LogP) is 3.45. The third-order valence-electron chi connectivity index (χ3n) is 5.01. The van der Waals surface area contributed by atoms with Gasteiger partial charge in [-0.15, -0.1) is 23.7 Å². The van der Waals surface area contributed by atoms with Gasteiger partial charge in [-0.3, -0.25) is 10.1 Å². The van der Waals surface area contributed by atoms with E-state index in [0.717, 1.165) is 16.8 Å². The van der Waals surface area contributed by atoms with Crippen molar-refractivity contribution in [3.05, 3.63) is 40.2 Å². The quantitative estimate of drug-likeness (QED) is 0.457. The van der Waals surface area contributed by atoms with Gasteiger partial charge in [0, 0.05) is 19.6 Å². The molecule has 12 heteroatoms. The van der Waals surface area contributed by atoms with Crippen molar-refractivity contribution in [1.29, 1.82) is 0 Å². The van der Waals surface area contributed by atoms with Gasteiger partial charge >= 0.3 is 6.03 Å². The summed E-state index contributed by atoms with van der Waals surface area (Å²) >= 11 is 7.06. The van der Waals surface area contributed by atoms with Crippen molar-refractivity contribution in [2.45, 2.75) is 6.04 Å². The third kappa shape index (κ3) is 3.24. The summed E-state index contributed by atoms with van der Waals surface area (Å²) in [6.07, 6.45) is 0. The Labute approximate surface area is 184 Å². The lowest BCUT2D eigenvalue weighted by Gasteiger charge is -2.36. The fourth-order valence-corrected chi connectivity index (χ4v) is 4.58. The molecule has 0 bridgehead atoms. The van der Waals surface area contributed by atoms with E-state index in [1.807, 2.05) is 10.3 Å². The summed E-state index contributed by atoms with van der Waals surface area (Å²) in [6, 6.07) is 2.61. The Hall–Kier alpha value is -2.56. The normalized spacial score (nSPS) is 18.4. The number of aromatic nitrogens is 2. The number of amides is 3. The lowest BCUT2D eigenvalue weighted by molar-refractivity contribution is -0.121. The number of anilines is 1. The van der Waals surface area contributed by atoms with Crippen LogP contribution in [0.2, 0.25) is 5.02 Å². The zero-order valence-electron chi connectivity index (χ0n) is 15.1. The molecule has 2 saturated heterocycles. The average molecular weight is 472 g/mol. The van der Waals surface area contributed by atoms with Crippen molar-refractivity contribution in [2.75, 3.05) is 24.5 Å². The number of carbonyl (C=O) groups is 2. The van der Waals surface area contributed by atoms with Crippen LogP contribution in [0.4, 0.5) is 19.4 Å². The largest absolute Gasteiger partial charge is 0.351 e. The molecule has 1 atom stereocenters. The van der Waals surface area contributed by atoms with Crippen molar-refractivity contribution >= 4 is 63.3 Å². The molecular formula is C18H13Cl2F2N5O2S. The number of urea groups is 1. The first-order valence-corrected chi connectivity index (χ1v) is 9.94. The Kier molecular flexibility index (Phi) is 5.25. The molecule has 1 N–H and O–H groups in total. The highest BCUT2D eigenvalue weighted by Crippen LogP contribution is 2.34. The number of nitrogens with one attached hydrogen (secondary N) is 1. The van der Waals surface area contributed by atoms with E-state index in [4.69, 9.17) is 11.6 Å². The molecule has 0 radical (unpaired) electrons. The van der Waals surface area contributed by atoms with Crippen molar-refractivity contribution in [3.8, 4) is 11.4 Å². The molecule has 156 valence electrons. The highest BCUT2D eigenvalue weighted by Gasteiger charge is 2.42. The summed E-state index contributed by atoms with van der Waals surface area (Å²) in [5.41, 5.74) is 0.479. The molecule has 7 nitrogen and oxygen atoms in total. The minimum absolute atomic E-state index is 0. The molecule has 2 fully saturated rings. The minimum Gasteiger partial charge on any atom is -0.351 e. The molecule has 1 unspecified atom stereocenters. The maximum absolute atomic E-state index is 14.4. The zero-order valence-corrected chi connectivity index (χ0v) is 17.5. The van der Waals surface area contributed by atoms with Gasteiger partial charge in [0.2, 0.25) is 0 Å². The van der Waals surface area contributed by atoms with Gasteiger partial charge in [0.25, 0.3) is 5.91 Å². The number of thiophene rings is 1. The van der Waals surface area contributed by atoms with Crippen molar-refractivity contribution < 1.29 is 18.4 Å². The second-order valence-electron chi connectivity index (χ2n) is 6.70. The van der Waals surface area contributed by atoms with Crippen LogP contribution in [0.1, 0.15) is 0 Å². The molecular weight excluding hydrogens is 459 g/mol. The second kappa shape index (κ2) is 7.60. The average Bonchev–Trinajstić information content (AvgIpc) is 3.28. The molecule has 2 aliphatic rings. The Morgan fingerprint density at radius 3 is 2.77 bits per heavy atom. The summed E-state index contributed by atoms with van der Waals surface area (Å²) in [4.78, 5) is 36.1. The molecule has 5 rings (SSSR count). The first-order chi connectivity index (χ1) is 13.9. The lowest BCUT2D eigenvalue weighted by Crippen LogP contribution is -2.53. The van der Waals surface area contributed by atoms with E-state index < -0.39 is 23.7 Å². The molecule has 0 spiro atoms. The number of piperazine rings is 1. The van der Waals surface area contributed by atoms with Gasteiger partial charge in [0.1, 0.15) is 17.7 Å². The molecule has 2 aromatic heterocycles. The van der Waals surface area contributed by atoms with E-state index in [-0.39, 0.29) is 41.3 Å². The van der Waals surface area contributed by atoms with E-state index in [1.165, 1.54) is 16.2 Å². The van der Waals surface area contributed by atoms with Crippen molar-refractivity contribution in [2.24, 2.45) is 0 Å². The molecule has 1 aromatic carbocycles. The van der Waals surface area contributed by atoms with Crippen molar-refractivity contribution in [3.63, 3.8) is 0 Å². The Morgan fingerprint density at radius 2 is 1.97 bits per heavy atom. The molecule has 3 amide bonds. The predicted molar refractivity (Wildman–Crippen MR) is 111 cm³/mol. The third-order valence-corrected chi connectivity index (χ3v) is 6.20. The molecule has 0 aliphatic carbocycles. The molecule has 4 heterocycles. The van der Waals surface area contributed by atoms with E-state index in [9.17, 15) is 18.4 Å². The highest BCUT2D eigenvalue weighted by atomic mass is 35.5. The van der Waals surface area contributed by atoms with Crippen molar-refractivity contribution in [1.82, 2.24) is 20.2 Å².